The summed E-state index contributed by atoms with van der Waals surface area (Å²) in [6.07, 6.45) is 8.55. The van der Waals surface area contributed by atoms with Gasteiger partial charge in [0.05, 0.1) is 5.39 Å². The molecule has 2 aromatic rings. The molecule has 1 N–H and O–H groups in total. The molecule has 0 unspecified atom stereocenters. The summed E-state index contributed by atoms with van der Waals surface area (Å²) in [7, 11) is 0. The van der Waals surface area contributed by atoms with Gasteiger partial charge < -0.3 is 10.2 Å². The number of aryl methyl sites for hydroxylation is 2. The van der Waals surface area contributed by atoms with E-state index in [9.17, 15) is 4.79 Å². The van der Waals surface area contributed by atoms with Gasteiger partial charge in [0.2, 0.25) is 5.91 Å². The molecule has 8 heteroatoms. The molecule has 2 saturated heterocycles. The van der Waals surface area contributed by atoms with Gasteiger partial charge in [-0.1, -0.05) is 12.8 Å². The molecule has 1 saturated carbocycles. The van der Waals surface area contributed by atoms with Crippen molar-refractivity contribution in [2.75, 3.05) is 49.1 Å². The zero-order chi connectivity index (χ0) is 22.1. The van der Waals surface area contributed by atoms with Crippen molar-refractivity contribution in [1.29, 1.82) is 0 Å². The standard InChI is InChI=1S/C24H35N5OS2/c1-17-18(2)32-23-20(17)21(26-16-27-23)28-9-5-19(6-10-28)22(30)25-15-24(7-3-4-8-24)29-11-13-31-14-12-29/h16,19H,3-15H2,1-2H3,(H,25,30). The third kappa shape index (κ3) is 4.26. The van der Waals surface area contributed by atoms with E-state index in [1.54, 1.807) is 17.7 Å². The summed E-state index contributed by atoms with van der Waals surface area (Å²) in [5.41, 5.74) is 1.50. The molecule has 5 rings (SSSR count). The highest BCUT2D eigenvalue weighted by Gasteiger charge is 2.40. The first-order valence-corrected chi connectivity index (χ1v) is 14.1. The Kier molecular flexibility index (Phi) is 6.63. The van der Waals surface area contributed by atoms with Crippen molar-refractivity contribution in [1.82, 2.24) is 20.2 Å². The highest BCUT2D eigenvalue weighted by Crippen LogP contribution is 2.37. The SMILES string of the molecule is Cc1sc2ncnc(N3CCC(C(=O)NCC4(N5CCSCC5)CCCC4)CC3)c2c1C. The fourth-order valence-corrected chi connectivity index (χ4v) is 7.72. The minimum Gasteiger partial charge on any atom is -0.356 e. The Hall–Kier alpha value is -1.38. The van der Waals surface area contributed by atoms with Crippen LogP contribution in [0.1, 0.15) is 49.0 Å². The maximum Gasteiger partial charge on any atom is 0.223 e. The van der Waals surface area contributed by atoms with E-state index < -0.39 is 0 Å². The van der Waals surface area contributed by atoms with Crippen molar-refractivity contribution >= 4 is 45.0 Å². The summed E-state index contributed by atoms with van der Waals surface area (Å²) in [6.45, 7) is 9.27. The molecule has 0 spiro atoms. The average molecular weight is 474 g/mol. The number of amides is 1. The van der Waals surface area contributed by atoms with Gasteiger partial charge in [-0.25, -0.2) is 9.97 Å². The maximum absolute atomic E-state index is 13.1. The largest absolute Gasteiger partial charge is 0.356 e. The van der Waals surface area contributed by atoms with E-state index in [4.69, 9.17) is 0 Å². The molecule has 6 nitrogen and oxygen atoms in total. The van der Waals surface area contributed by atoms with Crippen LogP contribution in [-0.4, -0.2) is 70.5 Å². The second-order valence-electron chi connectivity index (χ2n) is 9.67. The number of fused-ring (bicyclic) bond motifs is 1. The van der Waals surface area contributed by atoms with Crippen LogP contribution in [0.2, 0.25) is 0 Å². The number of piperidine rings is 1. The van der Waals surface area contributed by atoms with Crippen molar-refractivity contribution in [3.05, 3.63) is 16.8 Å². The van der Waals surface area contributed by atoms with Crippen molar-refractivity contribution in [2.24, 2.45) is 5.92 Å². The van der Waals surface area contributed by atoms with Crippen LogP contribution in [0.25, 0.3) is 10.2 Å². The van der Waals surface area contributed by atoms with Gasteiger partial charge in [-0.2, -0.15) is 11.8 Å². The molecular formula is C24H35N5OS2. The number of thiophene rings is 1. The van der Waals surface area contributed by atoms with Crippen LogP contribution in [-0.2, 0) is 4.79 Å². The highest BCUT2D eigenvalue weighted by atomic mass is 32.2. The molecule has 2 aromatic heterocycles. The number of thioether (sulfide) groups is 1. The number of rotatable bonds is 5. The van der Waals surface area contributed by atoms with Gasteiger partial charge >= 0.3 is 0 Å². The minimum atomic E-state index is 0.115. The lowest BCUT2D eigenvalue weighted by Gasteiger charge is -2.44. The first kappa shape index (κ1) is 22.4. The van der Waals surface area contributed by atoms with Gasteiger partial charge in [0, 0.05) is 60.6 Å². The third-order valence-electron chi connectivity index (χ3n) is 7.92. The number of anilines is 1. The van der Waals surface area contributed by atoms with Gasteiger partial charge in [0.25, 0.3) is 0 Å². The van der Waals surface area contributed by atoms with Crippen LogP contribution in [0.3, 0.4) is 0 Å². The molecule has 1 aliphatic carbocycles. The van der Waals surface area contributed by atoms with Crippen molar-refractivity contribution in [3.8, 4) is 0 Å². The molecule has 32 heavy (non-hydrogen) atoms. The van der Waals surface area contributed by atoms with Crippen molar-refractivity contribution in [3.63, 3.8) is 0 Å². The molecule has 0 aromatic carbocycles. The lowest BCUT2D eigenvalue weighted by atomic mass is 9.92. The fourth-order valence-electron chi connectivity index (χ4n) is 5.83. The Morgan fingerprint density at radius 2 is 1.84 bits per heavy atom. The zero-order valence-electron chi connectivity index (χ0n) is 19.4. The highest BCUT2D eigenvalue weighted by molar-refractivity contribution is 7.99. The first-order chi connectivity index (χ1) is 15.6. The fraction of sp³-hybridized carbons (Fsp3) is 0.708. The Labute approximate surface area is 199 Å². The summed E-state index contributed by atoms with van der Waals surface area (Å²) in [6, 6.07) is 0. The Morgan fingerprint density at radius 1 is 1.12 bits per heavy atom. The molecule has 3 aliphatic rings. The van der Waals surface area contributed by atoms with Gasteiger partial charge in [0.1, 0.15) is 17.0 Å². The van der Waals surface area contributed by atoms with Crippen LogP contribution < -0.4 is 10.2 Å². The average Bonchev–Trinajstić information content (AvgIpc) is 3.43. The minimum absolute atomic E-state index is 0.115. The predicted molar refractivity (Wildman–Crippen MR) is 135 cm³/mol. The topological polar surface area (TPSA) is 61.4 Å². The summed E-state index contributed by atoms with van der Waals surface area (Å²) in [5, 5.41) is 4.59. The number of nitrogens with one attached hydrogen (secondary N) is 1. The second kappa shape index (κ2) is 9.47. The summed E-state index contributed by atoms with van der Waals surface area (Å²) < 4.78 is 0. The van der Waals surface area contributed by atoms with Gasteiger partial charge in [-0.3, -0.25) is 9.69 Å². The van der Waals surface area contributed by atoms with Crippen molar-refractivity contribution < 1.29 is 4.79 Å². The Balaban J connectivity index is 1.20. The van der Waals surface area contributed by atoms with E-state index in [2.05, 4.69) is 50.7 Å². The quantitative estimate of drug-likeness (QED) is 0.708. The summed E-state index contributed by atoms with van der Waals surface area (Å²) in [5.74, 6) is 3.88. The van der Waals surface area contributed by atoms with Crippen LogP contribution in [0.15, 0.2) is 6.33 Å². The number of aromatic nitrogens is 2. The molecule has 4 heterocycles. The number of carbonyl (C=O) groups excluding carboxylic acids is 1. The van der Waals surface area contributed by atoms with E-state index in [1.165, 1.54) is 66.1 Å². The normalized spacial score (nSPS) is 22.5. The lowest BCUT2D eigenvalue weighted by Crippen LogP contribution is -2.57. The molecule has 0 atom stereocenters. The summed E-state index contributed by atoms with van der Waals surface area (Å²) in [4.78, 5) is 29.7. The van der Waals surface area contributed by atoms with Gasteiger partial charge in [-0.15, -0.1) is 11.3 Å². The van der Waals surface area contributed by atoms with E-state index in [0.29, 0.717) is 0 Å². The molecule has 0 bridgehead atoms. The lowest BCUT2D eigenvalue weighted by molar-refractivity contribution is -0.126. The number of hydrogen-bond donors (Lipinski definition) is 1. The molecule has 2 aliphatic heterocycles. The van der Waals surface area contributed by atoms with Crippen molar-refractivity contribution in [2.45, 2.75) is 57.9 Å². The molecule has 0 radical (unpaired) electrons. The van der Waals surface area contributed by atoms with Gasteiger partial charge in [-0.05, 0) is 45.1 Å². The van der Waals surface area contributed by atoms with E-state index in [1.807, 2.05) is 0 Å². The smallest absolute Gasteiger partial charge is 0.223 e. The summed E-state index contributed by atoms with van der Waals surface area (Å²) >= 11 is 3.81. The second-order valence-corrected chi connectivity index (χ2v) is 12.1. The Morgan fingerprint density at radius 3 is 2.56 bits per heavy atom. The first-order valence-electron chi connectivity index (χ1n) is 12.1. The molecular weight excluding hydrogens is 438 g/mol. The van der Waals surface area contributed by atoms with Gasteiger partial charge in [0.15, 0.2) is 0 Å². The van der Waals surface area contributed by atoms with Crippen LogP contribution in [0.5, 0.6) is 0 Å². The molecule has 1 amide bonds. The van der Waals surface area contributed by atoms with Crippen LogP contribution in [0, 0.1) is 19.8 Å². The third-order valence-corrected chi connectivity index (χ3v) is 9.98. The maximum atomic E-state index is 13.1. The van der Waals surface area contributed by atoms with E-state index >= 15 is 0 Å². The molecule has 174 valence electrons. The van der Waals surface area contributed by atoms with Crippen LogP contribution in [0.4, 0.5) is 5.82 Å². The zero-order valence-corrected chi connectivity index (χ0v) is 21.0. The van der Waals surface area contributed by atoms with Crippen LogP contribution >= 0.6 is 23.1 Å². The van der Waals surface area contributed by atoms with E-state index in [-0.39, 0.29) is 17.4 Å². The number of hydrogen-bond acceptors (Lipinski definition) is 7. The molecule has 3 fully saturated rings. The Bertz CT molecular complexity index is 957. The monoisotopic (exact) mass is 473 g/mol. The number of carbonyl (C=O) groups is 1. The van der Waals surface area contributed by atoms with E-state index in [0.717, 1.165) is 43.1 Å². The predicted octanol–water partition coefficient (Wildman–Crippen LogP) is 4.00. The number of nitrogens with zero attached hydrogens (tertiary/aromatic N) is 4.